The summed E-state index contributed by atoms with van der Waals surface area (Å²) in [6.45, 7) is 3.79. The van der Waals surface area contributed by atoms with E-state index in [9.17, 15) is 14.7 Å². The Kier molecular flexibility index (Phi) is 11.4. The normalized spacial score (nSPS) is 14.9. The first kappa shape index (κ1) is 33.2. The number of hydrogen-bond donors (Lipinski definition) is 4. The van der Waals surface area contributed by atoms with Crippen molar-refractivity contribution in [3.63, 3.8) is 0 Å². The standard InChI is InChI=1S/C33H35N5O8/c1-5-44-27-15-23(30-29(32(40)43-4)20(2)36-33(41)37-30)13-14-25(27)45-19-28(39)38-35-17-24-7-6-8-26(42-3)31(24)46-18-22-11-9-21(16-34)10-12-22/h6-15,17,28,30,38-39H,5,18-19H2,1-4H3,(H2,36,37,41)/b35-17+/t28-,30-/m0/s1. The lowest BCUT2D eigenvalue weighted by Crippen LogP contribution is -2.45. The zero-order chi connectivity index (χ0) is 33.1. The van der Waals surface area contributed by atoms with Crippen molar-refractivity contribution in [2.45, 2.75) is 32.7 Å². The van der Waals surface area contributed by atoms with E-state index < -0.39 is 24.3 Å². The summed E-state index contributed by atoms with van der Waals surface area (Å²) in [5.41, 5.74) is 5.86. The lowest BCUT2D eigenvalue weighted by atomic mass is 9.95. The number of methoxy groups -OCH3 is 2. The number of nitrogens with zero attached hydrogens (tertiary/aromatic N) is 2. The van der Waals surface area contributed by atoms with Gasteiger partial charge in [-0.3, -0.25) is 5.43 Å². The molecule has 0 fully saturated rings. The van der Waals surface area contributed by atoms with E-state index in [0.717, 1.165) is 5.56 Å². The maximum Gasteiger partial charge on any atom is 0.337 e. The number of carbonyl (C=O) groups excluding carboxylic acids is 2. The molecule has 13 heteroatoms. The second kappa shape index (κ2) is 15.8. The molecule has 4 N–H and O–H groups in total. The molecule has 1 aliphatic heterocycles. The third-order valence-electron chi connectivity index (χ3n) is 6.79. The van der Waals surface area contributed by atoms with Gasteiger partial charge in [-0.2, -0.15) is 10.4 Å². The Morgan fingerprint density at radius 3 is 2.57 bits per heavy atom. The molecule has 46 heavy (non-hydrogen) atoms. The first-order chi connectivity index (χ1) is 22.3. The number of hydrogen-bond acceptors (Lipinski definition) is 11. The van der Waals surface area contributed by atoms with Crippen LogP contribution in [-0.4, -0.2) is 57.0 Å². The Bertz CT molecular complexity index is 1650. The Labute approximate surface area is 266 Å². The molecule has 3 aromatic rings. The number of carbonyl (C=O) groups is 2. The number of allylic oxidation sites excluding steroid dienone is 1. The molecule has 3 aromatic carbocycles. The number of rotatable bonds is 14. The van der Waals surface area contributed by atoms with Crippen molar-refractivity contribution in [3.8, 4) is 29.1 Å². The van der Waals surface area contributed by atoms with E-state index in [0.29, 0.717) is 52.0 Å². The van der Waals surface area contributed by atoms with E-state index in [1.54, 1.807) is 62.4 Å². The van der Waals surface area contributed by atoms with Crippen LogP contribution >= 0.6 is 0 Å². The second-order valence-corrected chi connectivity index (χ2v) is 9.89. The van der Waals surface area contributed by atoms with Crippen LogP contribution in [-0.2, 0) is 16.1 Å². The van der Waals surface area contributed by atoms with E-state index in [1.165, 1.54) is 20.4 Å². The number of para-hydroxylation sites is 1. The van der Waals surface area contributed by atoms with Gasteiger partial charge in [0.05, 0.1) is 50.3 Å². The fraction of sp³-hybridized carbons (Fsp3) is 0.273. The average Bonchev–Trinajstić information content (AvgIpc) is 3.06. The number of amides is 2. The molecular weight excluding hydrogens is 594 g/mol. The molecule has 240 valence electrons. The number of nitrogens with one attached hydrogen (secondary N) is 3. The molecule has 0 aliphatic carbocycles. The molecule has 0 aromatic heterocycles. The van der Waals surface area contributed by atoms with E-state index in [2.05, 4.69) is 27.2 Å². The SMILES string of the molecule is CCOc1cc([C@@H]2NC(=O)NC(C)=C2C(=O)OC)ccc1OC[C@H](O)N/N=C/c1cccc(OC)c1OCc1ccc(C#N)cc1. The minimum atomic E-state index is -1.20. The van der Waals surface area contributed by atoms with Crippen molar-refractivity contribution >= 4 is 18.2 Å². The van der Waals surface area contributed by atoms with Crippen LogP contribution in [0.2, 0.25) is 0 Å². The summed E-state index contributed by atoms with van der Waals surface area (Å²) in [4.78, 5) is 24.6. The number of esters is 1. The summed E-state index contributed by atoms with van der Waals surface area (Å²) in [6.07, 6.45) is 0.293. The highest BCUT2D eigenvalue weighted by Crippen LogP contribution is 2.35. The molecule has 1 aliphatic rings. The van der Waals surface area contributed by atoms with Crippen molar-refractivity contribution in [2.75, 3.05) is 27.4 Å². The van der Waals surface area contributed by atoms with E-state index >= 15 is 0 Å². The number of urea groups is 1. The van der Waals surface area contributed by atoms with Gasteiger partial charge < -0.3 is 39.4 Å². The Balaban J connectivity index is 1.41. The highest BCUT2D eigenvalue weighted by atomic mass is 16.5. The number of benzene rings is 3. The zero-order valence-corrected chi connectivity index (χ0v) is 25.8. The fourth-order valence-electron chi connectivity index (χ4n) is 4.60. The topological polar surface area (TPSA) is 173 Å². The van der Waals surface area contributed by atoms with Crippen molar-refractivity contribution in [1.29, 1.82) is 5.26 Å². The predicted octanol–water partition coefficient (Wildman–Crippen LogP) is 3.67. The highest BCUT2D eigenvalue weighted by Gasteiger charge is 2.32. The zero-order valence-electron chi connectivity index (χ0n) is 25.8. The lowest BCUT2D eigenvalue weighted by Gasteiger charge is -2.28. The van der Waals surface area contributed by atoms with Crippen molar-refractivity contribution in [1.82, 2.24) is 16.1 Å². The van der Waals surface area contributed by atoms with Crippen LogP contribution < -0.4 is 35.0 Å². The second-order valence-electron chi connectivity index (χ2n) is 9.89. The number of nitriles is 1. The molecular formula is C33H35N5O8. The molecule has 0 saturated heterocycles. The van der Waals surface area contributed by atoms with E-state index in [1.807, 2.05) is 12.1 Å². The predicted molar refractivity (Wildman–Crippen MR) is 167 cm³/mol. The maximum absolute atomic E-state index is 12.5. The molecule has 0 saturated carbocycles. The maximum atomic E-state index is 12.5. The van der Waals surface area contributed by atoms with Crippen LogP contribution in [0.1, 0.15) is 42.1 Å². The molecule has 0 bridgehead atoms. The molecule has 4 rings (SSSR count). The van der Waals surface area contributed by atoms with Gasteiger partial charge >= 0.3 is 12.0 Å². The molecule has 2 amide bonds. The Morgan fingerprint density at radius 1 is 1.09 bits per heavy atom. The summed E-state index contributed by atoms with van der Waals surface area (Å²) in [6, 6.07) is 18.2. The highest BCUT2D eigenvalue weighted by molar-refractivity contribution is 5.95. The number of aliphatic hydroxyl groups is 1. The van der Waals surface area contributed by atoms with Crippen molar-refractivity contribution < 1.29 is 38.4 Å². The summed E-state index contributed by atoms with van der Waals surface area (Å²) in [5.74, 6) is 1.06. The van der Waals surface area contributed by atoms with Crippen LogP contribution in [0.3, 0.4) is 0 Å². The summed E-state index contributed by atoms with van der Waals surface area (Å²) in [7, 11) is 2.80. The van der Waals surface area contributed by atoms with Crippen LogP contribution in [0.4, 0.5) is 4.79 Å². The summed E-state index contributed by atoms with van der Waals surface area (Å²) < 4.78 is 28.0. The van der Waals surface area contributed by atoms with Gasteiger partial charge in [0, 0.05) is 11.3 Å². The van der Waals surface area contributed by atoms with Gasteiger partial charge in [-0.15, -0.1) is 0 Å². The minimum Gasteiger partial charge on any atom is -0.493 e. The fourth-order valence-corrected chi connectivity index (χ4v) is 4.60. The van der Waals surface area contributed by atoms with Gasteiger partial charge in [-0.25, -0.2) is 9.59 Å². The van der Waals surface area contributed by atoms with Gasteiger partial charge in [0.15, 0.2) is 29.2 Å². The first-order valence-electron chi connectivity index (χ1n) is 14.3. The van der Waals surface area contributed by atoms with Crippen molar-refractivity contribution in [3.05, 3.63) is 94.2 Å². The van der Waals surface area contributed by atoms with Gasteiger partial charge in [-0.05, 0) is 61.4 Å². The van der Waals surface area contributed by atoms with Gasteiger partial charge in [0.2, 0.25) is 0 Å². The molecule has 1 heterocycles. The number of aliphatic hydroxyl groups excluding tert-OH is 1. The van der Waals surface area contributed by atoms with Gasteiger partial charge in [-0.1, -0.05) is 24.3 Å². The number of hydrazone groups is 1. The van der Waals surface area contributed by atoms with Crippen LogP contribution in [0, 0.1) is 11.3 Å². The van der Waals surface area contributed by atoms with Crippen LogP contribution in [0.5, 0.6) is 23.0 Å². The average molecular weight is 630 g/mol. The largest absolute Gasteiger partial charge is 0.493 e. The van der Waals surface area contributed by atoms with E-state index in [4.69, 9.17) is 28.9 Å². The van der Waals surface area contributed by atoms with Gasteiger partial charge in [0.1, 0.15) is 13.2 Å². The Morgan fingerprint density at radius 2 is 1.87 bits per heavy atom. The summed E-state index contributed by atoms with van der Waals surface area (Å²) >= 11 is 0. The molecule has 0 spiro atoms. The molecule has 13 nitrogen and oxygen atoms in total. The smallest absolute Gasteiger partial charge is 0.337 e. The Hall–Kier alpha value is -5.74. The first-order valence-corrected chi connectivity index (χ1v) is 14.3. The van der Waals surface area contributed by atoms with Crippen molar-refractivity contribution in [2.24, 2.45) is 5.10 Å². The summed E-state index contributed by atoms with van der Waals surface area (Å²) in [5, 5.41) is 29.0. The lowest BCUT2D eigenvalue weighted by molar-refractivity contribution is -0.136. The van der Waals surface area contributed by atoms with Crippen LogP contribution in [0.25, 0.3) is 0 Å². The monoisotopic (exact) mass is 629 g/mol. The molecule has 0 radical (unpaired) electrons. The molecule has 0 unspecified atom stereocenters. The minimum absolute atomic E-state index is 0.187. The third kappa shape index (κ3) is 8.25. The quantitative estimate of drug-likeness (QED) is 0.0892. The third-order valence-corrected chi connectivity index (χ3v) is 6.79. The van der Waals surface area contributed by atoms with Gasteiger partial charge in [0.25, 0.3) is 0 Å². The number of ether oxygens (including phenoxy) is 5. The molecule has 2 atom stereocenters. The van der Waals surface area contributed by atoms with E-state index in [-0.39, 0.29) is 18.8 Å². The van der Waals surface area contributed by atoms with Crippen LogP contribution in [0.15, 0.2) is 77.0 Å².